The van der Waals surface area contributed by atoms with Crippen molar-refractivity contribution in [2.75, 3.05) is 18.4 Å². The summed E-state index contributed by atoms with van der Waals surface area (Å²) in [7, 11) is 0. The van der Waals surface area contributed by atoms with Gasteiger partial charge in [-0.3, -0.25) is 9.59 Å². The number of hydrogen-bond donors (Lipinski definition) is 1. The van der Waals surface area contributed by atoms with E-state index < -0.39 is 11.7 Å². The van der Waals surface area contributed by atoms with Gasteiger partial charge in [0.15, 0.2) is 0 Å². The molecule has 0 saturated carbocycles. The van der Waals surface area contributed by atoms with Crippen molar-refractivity contribution >= 4 is 17.5 Å². The molecule has 1 heterocycles. The number of rotatable bonds is 5. The molecule has 0 aliphatic carbocycles. The van der Waals surface area contributed by atoms with Gasteiger partial charge in [0.1, 0.15) is 5.82 Å². The first-order valence-corrected chi connectivity index (χ1v) is 8.41. The zero-order valence-corrected chi connectivity index (χ0v) is 14.2. The van der Waals surface area contributed by atoms with Gasteiger partial charge < -0.3 is 10.2 Å². The van der Waals surface area contributed by atoms with Crippen molar-refractivity contribution in [3.63, 3.8) is 0 Å². The molecule has 1 saturated heterocycles. The smallest absolute Gasteiger partial charge is 0.229 e. The summed E-state index contributed by atoms with van der Waals surface area (Å²) in [6.45, 7) is 2.80. The molecule has 0 radical (unpaired) electrons. The number of carbonyl (C=O) groups is 2. The minimum absolute atomic E-state index is 0.0270. The Labute approximate surface area is 146 Å². The second kappa shape index (κ2) is 7.47. The molecule has 1 aliphatic heterocycles. The van der Waals surface area contributed by atoms with Gasteiger partial charge in [-0.2, -0.15) is 0 Å². The first-order chi connectivity index (χ1) is 12.0. The van der Waals surface area contributed by atoms with Gasteiger partial charge in [0.2, 0.25) is 11.8 Å². The van der Waals surface area contributed by atoms with Crippen LogP contribution >= 0.6 is 0 Å². The van der Waals surface area contributed by atoms with Crippen LogP contribution in [-0.4, -0.2) is 29.8 Å². The molecule has 1 unspecified atom stereocenters. The molecule has 2 amide bonds. The number of benzene rings is 2. The number of likely N-dealkylation sites (tertiary alicyclic amines) is 1. The Bertz CT molecular complexity index is 777. The largest absolute Gasteiger partial charge is 0.342 e. The Morgan fingerprint density at radius 3 is 2.76 bits per heavy atom. The van der Waals surface area contributed by atoms with Crippen molar-refractivity contribution in [2.24, 2.45) is 5.92 Å². The van der Waals surface area contributed by atoms with E-state index in [0.29, 0.717) is 13.1 Å². The van der Waals surface area contributed by atoms with Crippen LogP contribution in [0, 0.1) is 18.7 Å². The van der Waals surface area contributed by atoms with Crippen molar-refractivity contribution in [3.8, 4) is 0 Å². The average molecular weight is 340 g/mol. The second-order valence-corrected chi connectivity index (χ2v) is 6.45. The summed E-state index contributed by atoms with van der Waals surface area (Å²) in [4.78, 5) is 26.3. The highest BCUT2D eigenvalue weighted by molar-refractivity contribution is 5.97. The zero-order chi connectivity index (χ0) is 17.8. The molecule has 1 atom stereocenters. The van der Waals surface area contributed by atoms with Crippen LogP contribution in [0.1, 0.15) is 17.5 Å². The number of carbonyl (C=O) groups excluding carboxylic acids is 2. The summed E-state index contributed by atoms with van der Waals surface area (Å²) in [6.07, 6.45) is 0.932. The van der Waals surface area contributed by atoms with Crippen molar-refractivity contribution in [1.29, 1.82) is 0 Å². The van der Waals surface area contributed by atoms with Crippen LogP contribution < -0.4 is 5.32 Å². The Balaban J connectivity index is 1.58. The van der Waals surface area contributed by atoms with E-state index in [0.717, 1.165) is 17.5 Å². The van der Waals surface area contributed by atoms with E-state index in [1.54, 1.807) is 17.0 Å². The van der Waals surface area contributed by atoms with Gasteiger partial charge in [-0.1, -0.05) is 36.4 Å². The van der Waals surface area contributed by atoms with Crippen LogP contribution in [0.5, 0.6) is 0 Å². The van der Waals surface area contributed by atoms with Crippen molar-refractivity contribution in [1.82, 2.24) is 4.90 Å². The van der Waals surface area contributed by atoms with Crippen molar-refractivity contribution in [2.45, 2.75) is 19.8 Å². The molecule has 130 valence electrons. The minimum atomic E-state index is -0.468. The first-order valence-electron chi connectivity index (χ1n) is 8.41. The Kier molecular flexibility index (Phi) is 5.12. The summed E-state index contributed by atoms with van der Waals surface area (Å²) in [6, 6.07) is 14.5. The van der Waals surface area contributed by atoms with Crippen LogP contribution in [0.25, 0.3) is 0 Å². The number of amides is 2. The fourth-order valence-electron chi connectivity index (χ4n) is 3.04. The molecule has 25 heavy (non-hydrogen) atoms. The molecule has 2 aromatic carbocycles. The molecule has 5 heteroatoms. The predicted octanol–water partition coefficient (Wildman–Crippen LogP) is 3.16. The maximum atomic E-state index is 13.8. The lowest BCUT2D eigenvalue weighted by atomic mass is 10.1. The third-order valence-corrected chi connectivity index (χ3v) is 4.48. The number of aryl methyl sites for hydroxylation is 1. The summed E-state index contributed by atoms with van der Waals surface area (Å²) in [5.74, 6) is -1.24. The average Bonchev–Trinajstić information content (AvgIpc) is 2.98. The monoisotopic (exact) mass is 340 g/mol. The molecule has 1 fully saturated rings. The van der Waals surface area contributed by atoms with E-state index in [9.17, 15) is 14.0 Å². The highest BCUT2D eigenvalue weighted by Gasteiger charge is 2.34. The van der Waals surface area contributed by atoms with Gasteiger partial charge >= 0.3 is 0 Å². The summed E-state index contributed by atoms with van der Waals surface area (Å²) < 4.78 is 13.8. The van der Waals surface area contributed by atoms with Crippen LogP contribution in [-0.2, 0) is 16.0 Å². The molecule has 4 nitrogen and oxygen atoms in total. The molecule has 2 aromatic rings. The van der Waals surface area contributed by atoms with Crippen molar-refractivity contribution < 1.29 is 14.0 Å². The molecular weight excluding hydrogens is 319 g/mol. The van der Waals surface area contributed by atoms with Crippen LogP contribution in [0.2, 0.25) is 0 Å². The van der Waals surface area contributed by atoms with Gasteiger partial charge in [0.25, 0.3) is 0 Å². The molecule has 1 aliphatic rings. The third kappa shape index (κ3) is 4.24. The molecule has 0 aromatic heterocycles. The Hall–Kier alpha value is -2.69. The van der Waals surface area contributed by atoms with Gasteiger partial charge in [-0.25, -0.2) is 4.39 Å². The highest BCUT2D eigenvalue weighted by Crippen LogP contribution is 2.22. The third-order valence-electron chi connectivity index (χ3n) is 4.48. The van der Waals surface area contributed by atoms with E-state index in [-0.39, 0.29) is 23.9 Å². The normalized spacial score (nSPS) is 17.0. The number of nitrogens with one attached hydrogen (secondary N) is 1. The van der Waals surface area contributed by atoms with Gasteiger partial charge in [0, 0.05) is 19.5 Å². The summed E-state index contributed by atoms with van der Waals surface area (Å²) in [5, 5.41) is 2.62. The highest BCUT2D eigenvalue weighted by atomic mass is 19.1. The summed E-state index contributed by atoms with van der Waals surface area (Å²) >= 11 is 0. The van der Waals surface area contributed by atoms with Gasteiger partial charge in [0.05, 0.1) is 11.6 Å². The van der Waals surface area contributed by atoms with Gasteiger partial charge in [-0.05, 0) is 36.6 Å². The quantitative estimate of drug-likeness (QED) is 0.909. The molecular formula is C20H21FN2O2. The van der Waals surface area contributed by atoms with Crippen LogP contribution in [0.3, 0.4) is 0 Å². The number of hydrogen-bond acceptors (Lipinski definition) is 2. The second-order valence-electron chi connectivity index (χ2n) is 6.45. The van der Waals surface area contributed by atoms with E-state index in [2.05, 4.69) is 5.32 Å². The van der Waals surface area contributed by atoms with E-state index in [1.165, 1.54) is 6.07 Å². The Morgan fingerprint density at radius 1 is 1.24 bits per heavy atom. The first kappa shape index (κ1) is 17.1. The number of nitrogens with zero attached hydrogens (tertiary/aromatic N) is 1. The molecule has 0 spiro atoms. The topological polar surface area (TPSA) is 49.4 Å². The predicted molar refractivity (Wildman–Crippen MR) is 94.6 cm³/mol. The SMILES string of the molecule is Cc1ccc(F)c(NC(=O)C2CC(=O)N(CCc3ccccc3)C2)c1. The maximum Gasteiger partial charge on any atom is 0.229 e. The fraction of sp³-hybridized carbons (Fsp3) is 0.300. The van der Waals surface area contributed by atoms with Crippen LogP contribution in [0.4, 0.5) is 10.1 Å². The summed E-state index contributed by atoms with van der Waals surface area (Å²) in [5.41, 5.74) is 2.19. The van der Waals surface area contributed by atoms with Crippen LogP contribution in [0.15, 0.2) is 48.5 Å². The minimum Gasteiger partial charge on any atom is -0.342 e. The van der Waals surface area contributed by atoms with E-state index in [1.807, 2.05) is 37.3 Å². The number of halogens is 1. The Morgan fingerprint density at radius 2 is 2.00 bits per heavy atom. The molecule has 3 rings (SSSR count). The molecule has 1 N–H and O–H groups in total. The zero-order valence-electron chi connectivity index (χ0n) is 14.2. The van der Waals surface area contributed by atoms with E-state index in [4.69, 9.17) is 0 Å². The maximum absolute atomic E-state index is 13.8. The fourth-order valence-corrected chi connectivity index (χ4v) is 3.04. The lowest BCUT2D eigenvalue weighted by Crippen LogP contribution is -2.30. The van der Waals surface area contributed by atoms with Crippen molar-refractivity contribution in [3.05, 3.63) is 65.5 Å². The van der Waals surface area contributed by atoms with Gasteiger partial charge in [-0.15, -0.1) is 0 Å². The molecule has 0 bridgehead atoms. The lowest BCUT2D eigenvalue weighted by Gasteiger charge is -2.16. The van der Waals surface area contributed by atoms with E-state index >= 15 is 0 Å². The lowest BCUT2D eigenvalue weighted by molar-refractivity contribution is -0.128. The standard InChI is InChI=1S/C20H21FN2O2/c1-14-7-8-17(21)18(11-14)22-20(25)16-12-19(24)23(13-16)10-9-15-5-3-2-4-6-15/h2-8,11,16H,9-10,12-13H2,1H3,(H,22,25). The number of anilines is 1.